The van der Waals surface area contributed by atoms with Gasteiger partial charge in [-0.3, -0.25) is 19.1 Å². The molecule has 0 bridgehead atoms. The second-order valence-electron chi connectivity index (χ2n) is 11.1. The molecular formula is C37H30Cl2N4O2S. The first-order valence-electron chi connectivity index (χ1n) is 14.9. The minimum atomic E-state index is -0.416. The summed E-state index contributed by atoms with van der Waals surface area (Å²) in [4.78, 5) is 32.1. The van der Waals surface area contributed by atoms with E-state index in [9.17, 15) is 14.9 Å². The van der Waals surface area contributed by atoms with Crippen molar-refractivity contribution in [1.82, 2.24) is 14.4 Å². The van der Waals surface area contributed by atoms with Crippen LogP contribution in [0.1, 0.15) is 28.3 Å². The zero-order valence-electron chi connectivity index (χ0n) is 25.1. The van der Waals surface area contributed by atoms with Gasteiger partial charge in [-0.15, -0.1) is 11.3 Å². The van der Waals surface area contributed by atoms with Crippen molar-refractivity contribution < 1.29 is 4.79 Å². The summed E-state index contributed by atoms with van der Waals surface area (Å²) in [5, 5.41) is 11.1. The van der Waals surface area contributed by atoms with Crippen molar-refractivity contribution in [1.29, 1.82) is 5.26 Å². The van der Waals surface area contributed by atoms with Crippen LogP contribution >= 0.6 is 34.5 Å². The number of aromatic nitrogens is 1. The largest absolute Gasteiger partial charge is 0.335 e. The molecule has 6 nitrogen and oxygen atoms in total. The number of thiazole rings is 1. The van der Waals surface area contributed by atoms with Gasteiger partial charge in [0, 0.05) is 31.2 Å². The summed E-state index contributed by atoms with van der Waals surface area (Å²) < 4.78 is 1.97. The number of rotatable bonds is 6. The van der Waals surface area contributed by atoms with E-state index in [4.69, 9.17) is 23.2 Å². The smallest absolute Gasteiger partial charge is 0.273 e. The average Bonchev–Trinajstić information content (AvgIpc) is 3.37. The molecule has 0 radical (unpaired) electrons. The van der Waals surface area contributed by atoms with Gasteiger partial charge in [-0.1, -0.05) is 114 Å². The maximum atomic E-state index is 14.1. The van der Waals surface area contributed by atoms with Gasteiger partial charge in [0.25, 0.3) is 11.5 Å². The Kier molecular flexibility index (Phi) is 9.53. The van der Waals surface area contributed by atoms with Gasteiger partial charge in [-0.2, -0.15) is 5.26 Å². The third-order valence-corrected chi connectivity index (χ3v) is 9.68. The fraction of sp³-hybridized carbons (Fsp3) is 0.162. The number of nitriles is 1. The Bertz CT molecular complexity index is 2070. The van der Waals surface area contributed by atoms with Gasteiger partial charge in [0.1, 0.15) is 10.7 Å². The van der Waals surface area contributed by atoms with E-state index in [1.165, 1.54) is 15.7 Å². The number of piperazine rings is 1. The van der Waals surface area contributed by atoms with Gasteiger partial charge in [-0.25, -0.2) is 0 Å². The van der Waals surface area contributed by atoms with Crippen LogP contribution in [-0.4, -0.2) is 46.5 Å². The topological polar surface area (TPSA) is 69.3 Å². The molecule has 0 saturated carbocycles. The molecule has 230 valence electrons. The predicted molar refractivity (Wildman–Crippen MR) is 186 cm³/mol. The molecule has 0 N–H and O–H groups in total. The molecule has 1 fully saturated rings. The third kappa shape index (κ3) is 6.57. The Hall–Kier alpha value is -4.45. The minimum Gasteiger partial charge on any atom is -0.335 e. The monoisotopic (exact) mass is 664 g/mol. The number of hydrogen-bond acceptors (Lipinski definition) is 5. The number of carbonyl (C=O) groups is 1. The zero-order chi connectivity index (χ0) is 32.2. The first kappa shape index (κ1) is 31.5. The van der Waals surface area contributed by atoms with Crippen molar-refractivity contribution in [2.24, 2.45) is 0 Å². The van der Waals surface area contributed by atoms with Crippen LogP contribution in [0.25, 0.3) is 17.3 Å². The lowest BCUT2D eigenvalue weighted by molar-refractivity contribution is -0.126. The summed E-state index contributed by atoms with van der Waals surface area (Å²) >= 11 is 13.9. The van der Waals surface area contributed by atoms with E-state index in [0.29, 0.717) is 41.4 Å². The molecule has 1 amide bonds. The zero-order valence-corrected chi connectivity index (χ0v) is 27.4. The standard InChI is InChI=1S/C37H30Cl2N4O2S/c1-25-9-8-10-26(21-25)22-33-36(45)43(32-16-15-29(38)23-31(32)39)37(46-33)30(24-40)35(44)42-19-17-41(18-20-42)34(27-11-4-2-5-12-27)28-13-6-3-7-14-28/h2-16,21-23,34H,17-20H2,1H3/b33-22+,37-30-. The van der Waals surface area contributed by atoms with Crippen molar-refractivity contribution >= 4 is 52.1 Å². The average molecular weight is 666 g/mol. The molecule has 2 heterocycles. The van der Waals surface area contributed by atoms with Gasteiger partial charge in [0.2, 0.25) is 0 Å². The van der Waals surface area contributed by atoms with Crippen LogP contribution in [0.15, 0.2) is 108 Å². The first-order chi connectivity index (χ1) is 22.3. The molecule has 0 unspecified atom stereocenters. The number of benzene rings is 4. The molecule has 5 aromatic rings. The summed E-state index contributed by atoms with van der Waals surface area (Å²) in [7, 11) is 0. The fourth-order valence-electron chi connectivity index (χ4n) is 5.86. The Morgan fingerprint density at radius 3 is 2.11 bits per heavy atom. The van der Waals surface area contributed by atoms with Crippen LogP contribution in [0.5, 0.6) is 0 Å². The summed E-state index contributed by atoms with van der Waals surface area (Å²) in [5.74, 6) is -0.416. The van der Waals surface area contributed by atoms with Crippen LogP contribution in [0.2, 0.25) is 10.0 Å². The molecule has 1 saturated heterocycles. The SMILES string of the molecule is Cc1cccc(/C=c2/s/c(=C(/C#N)C(=O)N3CCN(C(c4ccccc4)c4ccccc4)CC3)n(-c3ccc(Cl)cc3Cl)c2=O)c1. The second-order valence-corrected chi connectivity index (χ2v) is 13.0. The fourth-order valence-corrected chi connectivity index (χ4v) is 7.44. The lowest BCUT2D eigenvalue weighted by atomic mass is 9.96. The molecular weight excluding hydrogens is 635 g/mol. The summed E-state index contributed by atoms with van der Waals surface area (Å²) in [6, 6.07) is 35.4. The van der Waals surface area contributed by atoms with Crippen molar-refractivity contribution in [2.75, 3.05) is 26.2 Å². The van der Waals surface area contributed by atoms with Crippen LogP contribution in [0.3, 0.4) is 0 Å². The van der Waals surface area contributed by atoms with Gasteiger partial charge in [-0.05, 0) is 47.9 Å². The highest BCUT2D eigenvalue weighted by molar-refractivity contribution is 7.07. The van der Waals surface area contributed by atoms with E-state index < -0.39 is 5.91 Å². The number of aryl methyl sites for hydroxylation is 1. The van der Waals surface area contributed by atoms with E-state index in [1.807, 2.05) is 67.6 Å². The Labute approximate surface area is 281 Å². The van der Waals surface area contributed by atoms with Crippen LogP contribution < -0.4 is 14.8 Å². The van der Waals surface area contributed by atoms with Crippen LogP contribution in [-0.2, 0) is 4.79 Å². The normalized spacial score (nSPS) is 14.8. The van der Waals surface area contributed by atoms with E-state index in [1.54, 1.807) is 29.2 Å². The van der Waals surface area contributed by atoms with Gasteiger partial charge >= 0.3 is 0 Å². The van der Waals surface area contributed by atoms with Crippen LogP contribution in [0, 0.1) is 18.3 Å². The quantitative estimate of drug-likeness (QED) is 0.225. The summed E-state index contributed by atoms with van der Waals surface area (Å²) in [6.07, 6.45) is 1.77. The van der Waals surface area contributed by atoms with Gasteiger partial charge < -0.3 is 4.90 Å². The lowest BCUT2D eigenvalue weighted by Gasteiger charge is -2.39. The van der Waals surface area contributed by atoms with Gasteiger partial charge in [0.15, 0.2) is 5.57 Å². The number of nitrogens with zero attached hydrogens (tertiary/aromatic N) is 4. The van der Waals surface area contributed by atoms with E-state index in [-0.39, 0.29) is 26.9 Å². The predicted octanol–water partition coefficient (Wildman–Crippen LogP) is 5.95. The number of amides is 1. The molecule has 46 heavy (non-hydrogen) atoms. The van der Waals surface area contributed by atoms with Crippen molar-refractivity contribution in [2.45, 2.75) is 13.0 Å². The minimum absolute atomic E-state index is 0.0355. The first-order valence-corrected chi connectivity index (χ1v) is 16.4. The lowest BCUT2D eigenvalue weighted by Crippen LogP contribution is -2.50. The van der Waals surface area contributed by atoms with Gasteiger partial charge in [0.05, 0.1) is 21.3 Å². The van der Waals surface area contributed by atoms with Crippen molar-refractivity contribution in [3.05, 3.63) is 155 Å². The molecule has 1 aliphatic rings. The molecule has 9 heteroatoms. The molecule has 0 atom stereocenters. The van der Waals surface area contributed by atoms with E-state index >= 15 is 0 Å². The molecule has 4 aromatic carbocycles. The number of halogens is 2. The third-order valence-electron chi connectivity index (χ3n) is 8.05. The maximum Gasteiger partial charge on any atom is 0.273 e. The number of hydrogen-bond donors (Lipinski definition) is 0. The highest BCUT2D eigenvalue weighted by Crippen LogP contribution is 2.30. The Morgan fingerprint density at radius 1 is 0.870 bits per heavy atom. The highest BCUT2D eigenvalue weighted by atomic mass is 35.5. The molecule has 6 rings (SSSR count). The molecule has 0 aliphatic carbocycles. The summed E-state index contributed by atoms with van der Waals surface area (Å²) in [6.45, 7) is 4.07. The maximum absolute atomic E-state index is 14.1. The molecule has 1 aromatic heterocycles. The van der Waals surface area contributed by atoms with E-state index in [2.05, 4.69) is 35.2 Å². The van der Waals surface area contributed by atoms with Crippen LogP contribution in [0.4, 0.5) is 0 Å². The van der Waals surface area contributed by atoms with E-state index in [0.717, 1.165) is 22.5 Å². The molecule has 0 spiro atoms. The van der Waals surface area contributed by atoms with Crippen molar-refractivity contribution in [3.63, 3.8) is 0 Å². The molecule has 1 aliphatic heterocycles. The van der Waals surface area contributed by atoms with Crippen molar-refractivity contribution in [3.8, 4) is 11.8 Å². The Balaban J connectivity index is 1.39. The highest BCUT2D eigenvalue weighted by Gasteiger charge is 2.30. The Morgan fingerprint density at radius 2 is 1.52 bits per heavy atom. The second kappa shape index (κ2) is 13.9. The number of carbonyl (C=O) groups excluding carboxylic acids is 1. The summed E-state index contributed by atoms with van der Waals surface area (Å²) in [5.41, 5.74) is 4.12.